The van der Waals surface area contributed by atoms with Crippen molar-refractivity contribution in [3.8, 4) is 0 Å². The summed E-state index contributed by atoms with van der Waals surface area (Å²) in [6.45, 7) is 0.863. The van der Waals surface area contributed by atoms with Gasteiger partial charge in [-0.2, -0.15) is 0 Å². The first-order chi connectivity index (χ1) is 10.7. The van der Waals surface area contributed by atoms with E-state index in [1.165, 1.54) is 17.0 Å². The van der Waals surface area contributed by atoms with Crippen molar-refractivity contribution < 1.29 is 4.92 Å². The number of aromatic amines is 1. The number of nitro benzene ring substituents is 1. The third-order valence-electron chi connectivity index (χ3n) is 4.27. The van der Waals surface area contributed by atoms with E-state index < -0.39 is 0 Å². The Labute approximate surface area is 127 Å². The van der Waals surface area contributed by atoms with Gasteiger partial charge in [0.05, 0.1) is 11.0 Å². The molecule has 1 aromatic heterocycles. The lowest BCUT2D eigenvalue weighted by atomic mass is 9.94. The topological polar surface area (TPSA) is 71.0 Å². The Morgan fingerprint density at radius 1 is 1.14 bits per heavy atom. The number of fused-ring (bicyclic) bond motifs is 3. The van der Waals surface area contributed by atoms with E-state index in [1.807, 2.05) is 18.2 Å². The first kappa shape index (κ1) is 13.0. The van der Waals surface area contributed by atoms with Crippen LogP contribution < -0.4 is 5.32 Å². The molecule has 2 N–H and O–H groups in total. The number of hydrogen-bond acceptors (Lipinski definition) is 3. The van der Waals surface area contributed by atoms with Gasteiger partial charge >= 0.3 is 0 Å². The maximum Gasteiger partial charge on any atom is 0.269 e. The van der Waals surface area contributed by atoms with Gasteiger partial charge in [-0.25, -0.2) is 0 Å². The normalized spacial score (nSPS) is 17.4. The van der Waals surface area contributed by atoms with E-state index in [1.54, 1.807) is 12.1 Å². The van der Waals surface area contributed by atoms with Crippen LogP contribution in [0.1, 0.15) is 22.9 Å². The molecule has 110 valence electrons. The van der Waals surface area contributed by atoms with Gasteiger partial charge in [0.15, 0.2) is 0 Å². The van der Waals surface area contributed by atoms with Crippen molar-refractivity contribution in [2.45, 2.75) is 12.5 Å². The van der Waals surface area contributed by atoms with Crippen molar-refractivity contribution in [1.29, 1.82) is 0 Å². The van der Waals surface area contributed by atoms with Gasteiger partial charge in [0.25, 0.3) is 5.69 Å². The quantitative estimate of drug-likeness (QED) is 0.562. The summed E-state index contributed by atoms with van der Waals surface area (Å²) in [5.41, 5.74) is 4.59. The van der Waals surface area contributed by atoms with Crippen molar-refractivity contribution in [3.05, 3.63) is 75.5 Å². The highest BCUT2D eigenvalue weighted by molar-refractivity contribution is 5.85. The summed E-state index contributed by atoms with van der Waals surface area (Å²) in [5.74, 6) is 0. The molecular weight excluding hydrogens is 278 g/mol. The molecule has 22 heavy (non-hydrogen) atoms. The largest absolute Gasteiger partial charge is 0.357 e. The van der Waals surface area contributed by atoms with Crippen LogP contribution in [0.25, 0.3) is 10.9 Å². The van der Waals surface area contributed by atoms with Crippen LogP contribution in [0.4, 0.5) is 5.69 Å². The molecule has 0 saturated heterocycles. The van der Waals surface area contributed by atoms with Gasteiger partial charge in [-0.3, -0.25) is 10.1 Å². The zero-order chi connectivity index (χ0) is 15.1. The maximum atomic E-state index is 11.0. The number of nitrogens with zero attached hydrogens (tertiary/aromatic N) is 1. The fraction of sp³-hybridized carbons (Fsp3) is 0.176. The van der Waals surface area contributed by atoms with Gasteiger partial charge in [-0.1, -0.05) is 30.3 Å². The Hall–Kier alpha value is -2.66. The smallest absolute Gasteiger partial charge is 0.269 e. The first-order valence-corrected chi connectivity index (χ1v) is 7.31. The van der Waals surface area contributed by atoms with Gasteiger partial charge < -0.3 is 10.3 Å². The van der Waals surface area contributed by atoms with E-state index in [-0.39, 0.29) is 16.7 Å². The zero-order valence-electron chi connectivity index (χ0n) is 11.9. The molecule has 5 heteroatoms. The standard InChI is InChI=1S/C17H15N3O2/c21-20(22)12-5-3-4-11(10-12)16-17-14(8-9-18-16)13-6-1-2-7-15(13)19-17/h1-7,10,16,18-19H,8-9H2/t16-/m0/s1. The first-order valence-electron chi connectivity index (χ1n) is 7.31. The Kier molecular flexibility index (Phi) is 2.94. The molecule has 2 heterocycles. The number of aromatic nitrogens is 1. The van der Waals surface area contributed by atoms with Crippen molar-refractivity contribution in [1.82, 2.24) is 10.3 Å². The predicted octanol–water partition coefficient (Wildman–Crippen LogP) is 3.31. The lowest BCUT2D eigenvalue weighted by Gasteiger charge is -2.24. The third kappa shape index (κ3) is 1.98. The summed E-state index contributed by atoms with van der Waals surface area (Å²) in [5, 5.41) is 15.7. The average Bonchev–Trinajstić information content (AvgIpc) is 2.93. The van der Waals surface area contributed by atoms with Crippen LogP contribution in [0.15, 0.2) is 48.5 Å². The lowest BCUT2D eigenvalue weighted by Crippen LogP contribution is -2.30. The van der Waals surface area contributed by atoms with E-state index in [4.69, 9.17) is 0 Å². The Morgan fingerprint density at radius 3 is 2.86 bits per heavy atom. The van der Waals surface area contributed by atoms with Crippen LogP contribution in [-0.2, 0) is 6.42 Å². The number of para-hydroxylation sites is 1. The second kappa shape index (κ2) is 4.96. The summed E-state index contributed by atoms with van der Waals surface area (Å²) in [6, 6.07) is 15.1. The molecule has 5 nitrogen and oxygen atoms in total. The SMILES string of the molecule is O=[N+]([O-])c1cccc([C@@H]2NCCc3c2[nH]c2ccccc32)c1. The van der Waals surface area contributed by atoms with E-state index >= 15 is 0 Å². The molecule has 0 amide bonds. The van der Waals surface area contributed by atoms with Gasteiger partial charge in [0, 0.05) is 35.3 Å². The number of benzene rings is 2. The highest BCUT2D eigenvalue weighted by atomic mass is 16.6. The average molecular weight is 293 g/mol. The molecular formula is C17H15N3O2. The lowest BCUT2D eigenvalue weighted by molar-refractivity contribution is -0.384. The molecule has 0 aliphatic carbocycles. The Bertz CT molecular complexity index is 869. The van der Waals surface area contributed by atoms with Crippen LogP contribution in [-0.4, -0.2) is 16.5 Å². The summed E-state index contributed by atoms with van der Waals surface area (Å²) >= 11 is 0. The van der Waals surface area contributed by atoms with Gasteiger partial charge in [-0.05, 0) is 23.6 Å². The highest BCUT2D eigenvalue weighted by Crippen LogP contribution is 2.34. The molecule has 1 aliphatic heterocycles. The van der Waals surface area contributed by atoms with E-state index in [9.17, 15) is 10.1 Å². The van der Waals surface area contributed by atoms with Crippen molar-refractivity contribution in [3.63, 3.8) is 0 Å². The monoisotopic (exact) mass is 293 g/mol. The Balaban J connectivity index is 1.85. The fourth-order valence-electron chi connectivity index (χ4n) is 3.28. The number of non-ortho nitro benzene ring substituents is 1. The van der Waals surface area contributed by atoms with E-state index in [0.717, 1.165) is 29.7 Å². The molecule has 1 aliphatic rings. The maximum absolute atomic E-state index is 11.0. The van der Waals surface area contributed by atoms with Gasteiger partial charge in [0.1, 0.15) is 0 Å². The minimum Gasteiger partial charge on any atom is -0.357 e. The number of rotatable bonds is 2. The van der Waals surface area contributed by atoms with Crippen LogP contribution in [0.5, 0.6) is 0 Å². The third-order valence-corrected chi connectivity index (χ3v) is 4.27. The number of H-pyrrole nitrogens is 1. The summed E-state index contributed by atoms with van der Waals surface area (Å²) in [6.07, 6.45) is 0.963. The molecule has 0 saturated carbocycles. The molecule has 4 rings (SSSR count). The molecule has 0 bridgehead atoms. The number of nitrogens with one attached hydrogen (secondary N) is 2. The van der Waals surface area contributed by atoms with Crippen molar-refractivity contribution >= 4 is 16.6 Å². The van der Waals surface area contributed by atoms with Crippen molar-refractivity contribution in [2.75, 3.05) is 6.54 Å². The molecule has 0 fully saturated rings. The fourth-order valence-corrected chi connectivity index (χ4v) is 3.28. The number of nitro groups is 1. The van der Waals surface area contributed by atoms with Crippen LogP contribution in [0.2, 0.25) is 0 Å². The van der Waals surface area contributed by atoms with Crippen LogP contribution in [0.3, 0.4) is 0 Å². The highest BCUT2D eigenvalue weighted by Gasteiger charge is 2.25. The summed E-state index contributed by atoms with van der Waals surface area (Å²) < 4.78 is 0. The molecule has 0 unspecified atom stereocenters. The number of hydrogen-bond donors (Lipinski definition) is 2. The van der Waals surface area contributed by atoms with Crippen molar-refractivity contribution in [2.24, 2.45) is 0 Å². The predicted molar refractivity (Wildman–Crippen MR) is 84.9 cm³/mol. The summed E-state index contributed by atoms with van der Waals surface area (Å²) in [4.78, 5) is 14.1. The minimum atomic E-state index is -0.349. The summed E-state index contributed by atoms with van der Waals surface area (Å²) in [7, 11) is 0. The molecule has 0 spiro atoms. The van der Waals surface area contributed by atoms with Crippen LogP contribution >= 0.6 is 0 Å². The Morgan fingerprint density at radius 2 is 2.00 bits per heavy atom. The molecule has 0 radical (unpaired) electrons. The van der Waals surface area contributed by atoms with Gasteiger partial charge in [-0.15, -0.1) is 0 Å². The van der Waals surface area contributed by atoms with Gasteiger partial charge in [0.2, 0.25) is 0 Å². The van der Waals surface area contributed by atoms with E-state index in [2.05, 4.69) is 22.4 Å². The minimum absolute atomic E-state index is 0.0314. The second-order valence-corrected chi connectivity index (χ2v) is 5.55. The van der Waals surface area contributed by atoms with E-state index in [0.29, 0.717) is 0 Å². The molecule has 1 atom stereocenters. The zero-order valence-corrected chi connectivity index (χ0v) is 11.9. The molecule has 3 aromatic rings. The molecule has 2 aromatic carbocycles. The van der Waals surface area contributed by atoms with Crippen LogP contribution in [0, 0.1) is 10.1 Å². The second-order valence-electron chi connectivity index (χ2n) is 5.55.